The van der Waals surface area contributed by atoms with E-state index in [0.29, 0.717) is 31.5 Å². The van der Waals surface area contributed by atoms with Gasteiger partial charge in [0.25, 0.3) is 5.91 Å². The number of likely N-dealkylation sites (tertiary alicyclic amines) is 1. The van der Waals surface area contributed by atoms with Gasteiger partial charge in [0.05, 0.1) is 5.56 Å². The van der Waals surface area contributed by atoms with E-state index < -0.39 is 11.7 Å². The van der Waals surface area contributed by atoms with Gasteiger partial charge in [-0.05, 0) is 55.3 Å². The number of benzene rings is 2. The van der Waals surface area contributed by atoms with Crippen LogP contribution in [0.2, 0.25) is 0 Å². The van der Waals surface area contributed by atoms with E-state index in [-0.39, 0.29) is 23.4 Å². The molecule has 0 unspecified atom stereocenters. The zero-order valence-corrected chi connectivity index (χ0v) is 16.4. The van der Waals surface area contributed by atoms with Gasteiger partial charge in [-0.3, -0.25) is 9.59 Å². The summed E-state index contributed by atoms with van der Waals surface area (Å²) in [4.78, 5) is 26.6. The Morgan fingerprint density at radius 2 is 1.68 bits per heavy atom. The summed E-state index contributed by atoms with van der Waals surface area (Å²) in [7, 11) is 0. The summed E-state index contributed by atoms with van der Waals surface area (Å²) in [5.74, 6) is -0.761. The minimum atomic E-state index is -4.46. The van der Waals surface area contributed by atoms with Crippen LogP contribution in [0, 0.1) is 5.92 Å². The molecule has 28 heavy (non-hydrogen) atoms. The van der Waals surface area contributed by atoms with Crippen molar-refractivity contribution >= 4 is 33.4 Å². The molecule has 0 saturated carbocycles. The van der Waals surface area contributed by atoms with Crippen LogP contribution in [0.5, 0.6) is 0 Å². The first kappa shape index (κ1) is 20.4. The third-order valence-corrected chi connectivity index (χ3v) is 5.23. The van der Waals surface area contributed by atoms with E-state index in [1.54, 1.807) is 29.2 Å². The Morgan fingerprint density at radius 3 is 2.29 bits per heavy atom. The Balaban J connectivity index is 1.57. The molecule has 2 amide bonds. The second-order valence-electron chi connectivity index (χ2n) is 6.64. The topological polar surface area (TPSA) is 49.4 Å². The summed E-state index contributed by atoms with van der Waals surface area (Å²) in [5, 5.41) is 2.56. The predicted molar refractivity (Wildman–Crippen MR) is 103 cm³/mol. The van der Waals surface area contributed by atoms with Crippen LogP contribution < -0.4 is 5.32 Å². The quantitative estimate of drug-likeness (QED) is 0.712. The van der Waals surface area contributed by atoms with Crippen molar-refractivity contribution in [3.63, 3.8) is 0 Å². The molecule has 0 aromatic heterocycles. The third kappa shape index (κ3) is 4.92. The number of amides is 2. The Hall–Kier alpha value is -2.35. The molecular formula is C20H18BrF3N2O2. The Labute approximate surface area is 168 Å². The largest absolute Gasteiger partial charge is 0.416 e. The summed E-state index contributed by atoms with van der Waals surface area (Å²) >= 11 is 3.33. The zero-order valence-electron chi connectivity index (χ0n) is 14.8. The molecule has 8 heteroatoms. The van der Waals surface area contributed by atoms with Gasteiger partial charge in [-0.25, -0.2) is 0 Å². The number of hydrogen-bond donors (Lipinski definition) is 1. The monoisotopic (exact) mass is 454 g/mol. The maximum atomic E-state index is 12.8. The van der Waals surface area contributed by atoms with Gasteiger partial charge >= 0.3 is 6.18 Å². The molecule has 1 saturated heterocycles. The average Bonchev–Trinajstić information content (AvgIpc) is 2.68. The van der Waals surface area contributed by atoms with E-state index >= 15 is 0 Å². The van der Waals surface area contributed by atoms with E-state index in [1.807, 2.05) is 0 Å². The van der Waals surface area contributed by atoms with Crippen molar-refractivity contribution in [1.82, 2.24) is 4.90 Å². The van der Waals surface area contributed by atoms with E-state index in [2.05, 4.69) is 21.2 Å². The van der Waals surface area contributed by atoms with Gasteiger partial charge < -0.3 is 10.2 Å². The number of halogens is 4. The fourth-order valence-electron chi connectivity index (χ4n) is 3.14. The second-order valence-corrected chi connectivity index (χ2v) is 7.56. The molecule has 0 aliphatic carbocycles. The van der Waals surface area contributed by atoms with Gasteiger partial charge in [0.15, 0.2) is 0 Å². The molecule has 2 aromatic rings. The Bertz CT molecular complexity index is 860. The van der Waals surface area contributed by atoms with Gasteiger partial charge in [-0.15, -0.1) is 0 Å². The average molecular weight is 455 g/mol. The third-order valence-electron chi connectivity index (χ3n) is 4.70. The van der Waals surface area contributed by atoms with Gasteiger partial charge in [0, 0.05) is 34.7 Å². The summed E-state index contributed by atoms with van der Waals surface area (Å²) < 4.78 is 39.2. The molecule has 0 radical (unpaired) electrons. The van der Waals surface area contributed by atoms with Crippen LogP contribution >= 0.6 is 15.9 Å². The van der Waals surface area contributed by atoms with Crippen molar-refractivity contribution in [2.45, 2.75) is 19.0 Å². The number of rotatable bonds is 3. The van der Waals surface area contributed by atoms with Crippen LogP contribution in [-0.2, 0) is 11.0 Å². The zero-order chi connectivity index (χ0) is 20.3. The smallest absolute Gasteiger partial charge is 0.339 e. The fraction of sp³-hybridized carbons (Fsp3) is 0.300. The van der Waals surface area contributed by atoms with Crippen molar-refractivity contribution in [2.24, 2.45) is 5.92 Å². The molecule has 1 heterocycles. The molecule has 4 nitrogen and oxygen atoms in total. The van der Waals surface area contributed by atoms with Crippen molar-refractivity contribution in [3.05, 3.63) is 64.1 Å². The predicted octanol–water partition coefficient (Wildman–Crippen LogP) is 4.96. The van der Waals surface area contributed by atoms with Crippen molar-refractivity contribution in [1.29, 1.82) is 0 Å². The van der Waals surface area contributed by atoms with E-state index in [4.69, 9.17) is 0 Å². The minimum absolute atomic E-state index is 0.0933. The molecule has 0 spiro atoms. The van der Waals surface area contributed by atoms with Gasteiger partial charge in [0.1, 0.15) is 0 Å². The highest BCUT2D eigenvalue weighted by molar-refractivity contribution is 9.10. The van der Waals surface area contributed by atoms with E-state index in [0.717, 1.165) is 16.6 Å². The van der Waals surface area contributed by atoms with E-state index in [9.17, 15) is 22.8 Å². The molecule has 0 bridgehead atoms. The molecule has 0 atom stereocenters. The fourth-order valence-corrected chi connectivity index (χ4v) is 3.40. The summed E-state index contributed by atoms with van der Waals surface area (Å²) in [6, 6.07) is 11.6. The van der Waals surface area contributed by atoms with Crippen LogP contribution in [0.3, 0.4) is 0 Å². The first-order chi connectivity index (χ1) is 13.2. The molecule has 3 rings (SSSR count). The molecular weight excluding hydrogens is 437 g/mol. The molecule has 148 valence electrons. The van der Waals surface area contributed by atoms with Crippen LogP contribution in [0.1, 0.15) is 28.8 Å². The minimum Gasteiger partial charge on any atom is -0.339 e. The molecule has 1 fully saturated rings. The highest BCUT2D eigenvalue weighted by atomic mass is 79.9. The lowest BCUT2D eigenvalue weighted by atomic mass is 9.95. The number of carbonyl (C=O) groups excluding carboxylic acids is 2. The maximum Gasteiger partial charge on any atom is 0.416 e. The van der Waals surface area contributed by atoms with Crippen LogP contribution in [0.25, 0.3) is 0 Å². The van der Waals surface area contributed by atoms with Crippen LogP contribution in [0.15, 0.2) is 53.0 Å². The van der Waals surface area contributed by atoms with Crippen LogP contribution in [0.4, 0.5) is 18.9 Å². The lowest BCUT2D eigenvalue weighted by molar-refractivity contribution is -0.137. The highest BCUT2D eigenvalue weighted by Gasteiger charge is 2.31. The standard InChI is InChI=1S/C20H18BrF3N2O2/c21-16-6-4-14(5-7-16)19(28)26-10-8-13(9-11-26)18(27)25-17-3-1-2-15(12-17)20(22,23)24/h1-7,12-13H,8-11H2,(H,25,27). The number of carbonyl (C=O) groups is 2. The lowest BCUT2D eigenvalue weighted by Crippen LogP contribution is -2.41. The lowest BCUT2D eigenvalue weighted by Gasteiger charge is -2.31. The normalized spacial score (nSPS) is 15.4. The van der Waals surface area contributed by atoms with Gasteiger partial charge in [-0.1, -0.05) is 22.0 Å². The molecule has 1 aliphatic rings. The summed E-state index contributed by atoms with van der Waals surface area (Å²) in [5.41, 5.74) is -0.108. The summed E-state index contributed by atoms with van der Waals surface area (Å²) in [6.45, 7) is 0.852. The molecule has 1 aliphatic heterocycles. The number of alkyl halides is 3. The first-order valence-electron chi connectivity index (χ1n) is 8.77. The van der Waals surface area contributed by atoms with Crippen molar-refractivity contribution in [2.75, 3.05) is 18.4 Å². The Kier molecular flexibility index (Phi) is 6.07. The number of hydrogen-bond acceptors (Lipinski definition) is 2. The maximum absolute atomic E-state index is 12.8. The molecule has 2 aromatic carbocycles. The van der Waals surface area contributed by atoms with Crippen LogP contribution in [-0.4, -0.2) is 29.8 Å². The molecule has 1 N–H and O–H groups in total. The number of anilines is 1. The second kappa shape index (κ2) is 8.34. The first-order valence-corrected chi connectivity index (χ1v) is 9.56. The Morgan fingerprint density at radius 1 is 1.04 bits per heavy atom. The van der Waals surface area contributed by atoms with Gasteiger partial charge in [0.2, 0.25) is 5.91 Å². The van der Waals surface area contributed by atoms with Crippen molar-refractivity contribution in [3.8, 4) is 0 Å². The number of nitrogens with one attached hydrogen (secondary N) is 1. The number of nitrogens with zero attached hydrogens (tertiary/aromatic N) is 1. The van der Waals surface area contributed by atoms with Gasteiger partial charge in [-0.2, -0.15) is 13.2 Å². The summed E-state index contributed by atoms with van der Waals surface area (Å²) in [6.07, 6.45) is -3.53. The van der Waals surface area contributed by atoms with Crippen molar-refractivity contribution < 1.29 is 22.8 Å². The number of piperidine rings is 1. The highest BCUT2D eigenvalue weighted by Crippen LogP contribution is 2.31. The van der Waals surface area contributed by atoms with E-state index in [1.165, 1.54) is 12.1 Å². The SMILES string of the molecule is O=C(Nc1cccc(C(F)(F)F)c1)C1CCN(C(=O)c2ccc(Br)cc2)CC1.